The molecular formula is C31H29N. The second-order valence-electron chi connectivity index (χ2n) is 10.7. The monoisotopic (exact) mass is 415 g/mol. The van der Waals surface area contributed by atoms with Crippen LogP contribution in [0.4, 0.5) is 0 Å². The van der Waals surface area contributed by atoms with Crippen molar-refractivity contribution in [3.63, 3.8) is 0 Å². The zero-order valence-corrected chi connectivity index (χ0v) is 19.5. The molecule has 0 amide bonds. The molecule has 1 nitrogen and oxygen atoms in total. The van der Waals surface area contributed by atoms with Gasteiger partial charge in [-0.15, -0.1) is 0 Å². The molecule has 5 aromatic rings. The predicted octanol–water partition coefficient (Wildman–Crippen LogP) is 8.39. The summed E-state index contributed by atoms with van der Waals surface area (Å²) in [5, 5.41) is 2.67. The largest absolute Gasteiger partial charge is 0.309 e. The Kier molecular flexibility index (Phi) is 3.85. The van der Waals surface area contributed by atoms with Crippen molar-refractivity contribution in [2.45, 2.75) is 45.4 Å². The molecule has 0 radical (unpaired) electrons. The third-order valence-electron chi connectivity index (χ3n) is 7.36. The molecule has 1 aromatic heterocycles. The van der Waals surface area contributed by atoms with Gasteiger partial charge in [-0.25, -0.2) is 0 Å². The van der Waals surface area contributed by atoms with Crippen LogP contribution in [0.25, 0.3) is 38.6 Å². The van der Waals surface area contributed by atoms with Gasteiger partial charge in [-0.3, -0.25) is 0 Å². The van der Waals surface area contributed by atoms with Gasteiger partial charge < -0.3 is 4.57 Å². The summed E-state index contributed by atoms with van der Waals surface area (Å²) in [6.07, 6.45) is 0. The third kappa shape index (κ3) is 2.57. The third-order valence-corrected chi connectivity index (χ3v) is 7.36. The Balaban J connectivity index is 1.63. The van der Waals surface area contributed by atoms with Gasteiger partial charge in [-0.1, -0.05) is 101 Å². The van der Waals surface area contributed by atoms with E-state index in [2.05, 4.69) is 124 Å². The Morgan fingerprint density at radius 2 is 1.34 bits per heavy atom. The summed E-state index contributed by atoms with van der Waals surface area (Å²) < 4.78 is 2.48. The Labute approximate surface area is 190 Å². The molecule has 0 aliphatic carbocycles. The lowest BCUT2D eigenvalue weighted by molar-refractivity contribution is 0.590. The minimum absolute atomic E-state index is 0.0217. The van der Waals surface area contributed by atoms with Crippen molar-refractivity contribution in [2.75, 3.05) is 0 Å². The Hall–Kier alpha value is -3.32. The van der Waals surface area contributed by atoms with Crippen LogP contribution in [0.15, 0.2) is 84.9 Å². The summed E-state index contributed by atoms with van der Waals surface area (Å²) in [4.78, 5) is 0. The highest BCUT2D eigenvalue weighted by Crippen LogP contribution is 2.47. The van der Waals surface area contributed by atoms with E-state index in [1.165, 1.54) is 55.3 Å². The maximum Gasteiger partial charge on any atom is 0.0582 e. The van der Waals surface area contributed by atoms with Crippen LogP contribution in [0.5, 0.6) is 0 Å². The highest BCUT2D eigenvalue weighted by Gasteiger charge is 2.34. The Morgan fingerprint density at radius 1 is 0.656 bits per heavy atom. The van der Waals surface area contributed by atoms with E-state index in [0.717, 1.165) is 0 Å². The average Bonchev–Trinajstić information content (AvgIpc) is 3.12. The molecule has 0 bridgehead atoms. The van der Waals surface area contributed by atoms with Crippen LogP contribution in [0, 0.1) is 0 Å². The van der Waals surface area contributed by atoms with E-state index in [-0.39, 0.29) is 10.8 Å². The number of hydrogen-bond donors (Lipinski definition) is 0. The van der Waals surface area contributed by atoms with Gasteiger partial charge in [0.05, 0.1) is 16.7 Å². The van der Waals surface area contributed by atoms with Gasteiger partial charge in [0.1, 0.15) is 0 Å². The van der Waals surface area contributed by atoms with E-state index in [1.807, 2.05) is 0 Å². The molecule has 0 atom stereocenters. The van der Waals surface area contributed by atoms with Crippen molar-refractivity contribution < 1.29 is 0 Å². The first-order valence-corrected chi connectivity index (χ1v) is 11.6. The molecule has 158 valence electrons. The number of aromatic nitrogens is 1. The van der Waals surface area contributed by atoms with Crippen molar-refractivity contribution >= 4 is 21.8 Å². The van der Waals surface area contributed by atoms with Crippen molar-refractivity contribution in [1.82, 2.24) is 4.57 Å². The maximum atomic E-state index is 2.48. The fraction of sp³-hybridized carbons (Fsp3) is 0.226. The normalized spacial score (nSPS) is 14.7. The van der Waals surface area contributed by atoms with Crippen molar-refractivity contribution in [1.29, 1.82) is 0 Å². The molecule has 2 heterocycles. The minimum Gasteiger partial charge on any atom is -0.309 e. The van der Waals surface area contributed by atoms with Crippen LogP contribution < -0.4 is 0 Å². The molecule has 1 aliphatic heterocycles. The lowest BCUT2D eigenvalue weighted by Gasteiger charge is -2.34. The van der Waals surface area contributed by atoms with Crippen LogP contribution in [0.3, 0.4) is 0 Å². The van der Waals surface area contributed by atoms with E-state index in [0.29, 0.717) is 0 Å². The molecular weight excluding hydrogens is 386 g/mol. The molecule has 0 N–H and O–H groups in total. The molecule has 4 aromatic carbocycles. The smallest absolute Gasteiger partial charge is 0.0582 e. The number of hydrogen-bond acceptors (Lipinski definition) is 0. The molecule has 0 unspecified atom stereocenters. The van der Waals surface area contributed by atoms with Gasteiger partial charge in [0.25, 0.3) is 0 Å². The van der Waals surface area contributed by atoms with E-state index in [1.54, 1.807) is 0 Å². The second kappa shape index (κ2) is 6.36. The zero-order valence-electron chi connectivity index (χ0n) is 19.5. The predicted molar refractivity (Wildman–Crippen MR) is 137 cm³/mol. The van der Waals surface area contributed by atoms with Crippen LogP contribution in [0.2, 0.25) is 0 Å². The lowest BCUT2D eigenvalue weighted by Crippen LogP contribution is -2.26. The highest BCUT2D eigenvalue weighted by molar-refractivity contribution is 6.12. The number of para-hydroxylation sites is 2. The van der Waals surface area contributed by atoms with Gasteiger partial charge >= 0.3 is 0 Å². The Bertz CT molecular complexity index is 1500. The summed E-state index contributed by atoms with van der Waals surface area (Å²) >= 11 is 0. The standard InChI is InChI=1S/C31H29N/c1-30(2,3)22-16-13-20(14-17-22)21-15-18-27-24(19-21)23-9-8-11-26-29(23)32(27)28-12-7-6-10-25(28)31(26,4)5/h6-19H,1-5H3. The molecule has 32 heavy (non-hydrogen) atoms. The minimum atomic E-state index is -0.0217. The fourth-order valence-electron chi connectivity index (χ4n) is 5.51. The van der Waals surface area contributed by atoms with E-state index in [4.69, 9.17) is 0 Å². The number of benzene rings is 4. The summed E-state index contributed by atoms with van der Waals surface area (Å²) in [5.74, 6) is 0. The molecule has 0 fully saturated rings. The van der Waals surface area contributed by atoms with Crippen LogP contribution in [-0.2, 0) is 10.8 Å². The van der Waals surface area contributed by atoms with Crippen LogP contribution in [-0.4, -0.2) is 4.57 Å². The van der Waals surface area contributed by atoms with Crippen molar-refractivity contribution in [2.24, 2.45) is 0 Å². The first kappa shape index (κ1) is 19.4. The van der Waals surface area contributed by atoms with Gasteiger partial charge in [-0.05, 0) is 51.4 Å². The molecule has 0 spiro atoms. The average molecular weight is 416 g/mol. The van der Waals surface area contributed by atoms with Crippen LogP contribution in [0.1, 0.15) is 51.3 Å². The summed E-state index contributed by atoms with van der Waals surface area (Å²) in [7, 11) is 0. The first-order valence-electron chi connectivity index (χ1n) is 11.6. The van der Waals surface area contributed by atoms with E-state index < -0.39 is 0 Å². The second-order valence-corrected chi connectivity index (χ2v) is 10.7. The number of rotatable bonds is 1. The lowest BCUT2D eigenvalue weighted by atomic mass is 9.75. The number of fused-ring (bicyclic) bond motifs is 5. The number of nitrogens with zero attached hydrogens (tertiary/aromatic N) is 1. The van der Waals surface area contributed by atoms with Crippen molar-refractivity contribution in [3.8, 4) is 16.8 Å². The van der Waals surface area contributed by atoms with Gasteiger partial charge in [0.15, 0.2) is 0 Å². The first-order chi connectivity index (χ1) is 15.3. The quantitative estimate of drug-likeness (QED) is 0.259. The topological polar surface area (TPSA) is 4.93 Å². The molecule has 1 aliphatic rings. The molecule has 0 saturated carbocycles. The molecule has 0 saturated heterocycles. The molecule has 1 heteroatoms. The SMILES string of the molecule is CC(C)(C)c1ccc(-c2ccc3c(c2)c2cccc4c2n3-c2ccccc2C4(C)C)cc1. The van der Waals surface area contributed by atoms with Gasteiger partial charge in [0.2, 0.25) is 0 Å². The summed E-state index contributed by atoms with van der Waals surface area (Å²) in [6, 6.07) is 31.7. The Morgan fingerprint density at radius 3 is 2.09 bits per heavy atom. The summed E-state index contributed by atoms with van der Waals surface area (Å²) in [5.41, 5.74) is 10.8. The van der Waals surface area contributed by atoms with Crippen molar-refractivity contribution in [3.05, 3.63) is 102 Å². The molecule has 6 rings (SSSR count). The fourth-order valence-corrected chi connectivity index (χ4v) is 5.51. The maximum absolute atomic E-state index is 2.48. The van der Waals surface area contributed by atoms with Crippen LogP contribution >= 0.6 is 0 Å². The van der Waals surface area contributed by atoms with E-state index in [9.17, 15) is 0 Å². The van der Waals surface area contributed by atoms with E-state index >= 15 is 0 Å². The zero-order chi connectivity index (χ0) is 22.3. The highest BCUT2D eigenvalue weighted by atomic mass is 15.0. The van der Waals surface area contributed by atoms with Gasteiger partial charge in [0, 0.05) is 16.2 Å². The van der Waals surface area contributed by atoms with Gasteiger partial charge in [-0.2, -0.15) is 0 Å². The summed E-state index contributed by atoms with van der Waals surface area (Å²) in [6.45, 7) is 11.5.